The van der Waals surface area contributed by atoms with Gasteiger partial charge in [-0.15, -0.1) is 0 Å². The second-order valence-corrected chi connectivity index (χ2v) is 8.07. The quantitative estimate of drug-likeness (QED) is 0.576. The van der Waals surface area contributed by atoms with Crippen molar-refractivity contribution in [3.63, 3.8) is 0 Å². The minimum Gasteiger partial charge on any atom is -0.295 e. The number of allylic oxidation sites excluding steroid dienone is 4. The standard InChI is InChI=1S/C19H26O/c1-19(2)10-9-17-16-5-3-12-11-13(20)4-6-14(12)15(16)7-8-18(17)19/h11,14-16H,3-10H2,1-2H3. The van der Waals surface area contributed by atoms with Gasteiger partial charge < -0.3 is 0 Å². The summed E-state index contributed by atoms with van der Waals surface area (Å²) in [5, 5.41) is 0. The van der Waals surface area contributed by atoms with Crippen molar-refractivity contribution < 1.29 is 4.79 Å². The number of rotatable bonds is 0. The smallest absolute Gasteiger partial charge is 0.155 e. The molecule has 1 saturated carbocycles. The highest BCUT2D eigenvalue weighted by Gasteiger charge is 2.46. The van der Waals surface area contributed by atoms with Gasteiger partial charge in [-0.2, -0.15) is 0 Å². The Bertz CT molecular complexity index is 520. The van der Waals surface area contributed by atoms with Crippen LogP contribution < -0.4 is 0 Å². The van der Waals surface area contributed by atoms with Gasteiger partial charge in [-0.1, -0.05) is 30.6 Å². The highest BCUT2D eigenvalue weighted by Crippen LogP contribution is 2.58. The van der Waals surface area contributed by atoms with Gasteiger partial charge in [0.15, 0.2) is 5.78 Å². The number of carbonyl (C=O) groups excluding carboxylic acids is 1. The molecule has 3 atom stereocenters. The Hall–Kier alpha value is -0.850. The Labute approximate surface area is 122 Å². The van der Waals surface area contributed by atoms with Crippen molar-refractivity contribution in [2.45, 2.75) is 65.2 Å². The van der Waals surface area contributed by atoms with Gasteiger partial charge >= 0.3 is 0 Å². The summed E-state index contributed by atoms with van der Waals surface area (Å²) in [6.45, 7) is 4.90. The van der Waals surface area contributed by atoms with E-state index in [0.29, 0.717) is 11.2 Å². The fourth-order valence-electron chi connectivity index (χ4n) is 5.67. The van der Waals surface area contributed by atoms with E-state index in [-0.39, 0.29) is 0 Å². The Morgan fingerprint density at radius 3 is 2.65 bits per heavy atom. The van der Waals surface area contributed by atoms with Gasteiger partial charge in [-0.25, -0.2) is 0 Å². The lowest BCUT2D eigenvalue weighted by atomic mass is 9.59. The average molecular weight is 270 g/mol. The second kappa shape index (κ2) is 4.32. The molecular formula is C19H26O. The van der Waals surface area contributed by atoms with E-state index in [2.05, 4.69) is 13.8 Å². The zero-order valence-electron chi connectivity index (χ0n) is 12.9. The molecule has 4 aliphatic rings. The van der Waals surface area contributed by atoms with Gasteiger partial charge in [0, 0.05) is 6.42 Å². The number of hydrogen-bond acceptors (Lipinski definition) is 1. The topological polar surface area (TPSA) is 17.1 Å². The van der Waals surface area contributed by atoms with E-state index >= 15 is 0 Å². The number of carbonyl (C=O) groups is 1. The van der Waals surface area contributed by atoms with Crippen molar-refractivity contribution in [3.8, 4) is 0 Å². The van der Waals surface area contributed by atoms with Crippen molar-refractivity contribution in [2.24, 2.45) is 23.2 Å². The van der Waals surface area contributed by atoms with Crippen LogP contribution in [-0.4, -0.2) is 5.78 Å². The van der Waals surface area contributed by atoms with Gasteiger partial charge in [0.05, 0.1) is 0 Å². The Morgan fingerprint density at radius 2 is 1.80 bits per heavy atom. The molecule has 1 nitrogen and oxygen atoms in total. The molecule has 0 aromatic rings. The maximum Gasteiger partial charge on any atom is 0.155 e. The maximum absolute atomic E-state index is 11.7. The van der Waals surface area contributed by atoms with Gasteiger partial charge in [-0.05, 0) is 74.2 Å². The van der Waals surface area contributed by atoms with Gasteiger partial charge in [-0.3, -0.25) is 4.79 Å². The Morgan fingerprint density at radius 1 is 1.00 bits per heavy atom. The molecule has 20 heavy (non-hydrogen) atoms. The highest BCUT2D eigenvalue weighted by molar-refractivity contribution is 5.91. The molecule has 3 unspecified atom stereocenters. The Kier molecular flexibility index (Phi) is 2.78. The lowest BCUT2D eigenvalue weighted by Gasteiger charge is -2.46. The van der Waals surface area contributed by atoms with Crippen LogP contribution in [0.5, 0.6) is 0 Å². The van der Waals surface area contributed by atoms with Crippen molar-refractivity contribution >= 4 is 5.78 Å². The molecule has 1 heteroatoms. The zero-order valence-corrected chi connectivity index (χ0v) is 12.9. The van der Waals surface area contributed by atoms with Crippen LogP contribution >= 0.6 is 0 Å². The van der Waals surface area contributed by atoms with Crippen molar-refractivity contribution in [2.75, 3.05) is 0 Å². The third-order valence-corrected chi connectivity index (χ3v) is 6.70. The third kappa shape index (κ3) is 1.78. The summed E-state index contributed by atoms with van der Waals surface area (Å²) in [4.78, 5) is 11.7. The van der Waals surface area contributed by atoms with E-state index < -0.39 is 0 Å². The molecule has 1 fully saturated rings. The maximum atomic E-state index is 11.7. The fourth-order valence-corrected chi connectivity index (χ4v) is 5.67. The van der Waals surface area contributed by atoms with Crippen LogP contribution in [0.4, 0.5) is 0 Å². The predicted molar refractivity (Wildman–Crippen MR) is 81.3 cm³/mol. The summed E-state index contributed by atoms with van der Waals surface area (Å²) in [7, 11) is 0. The molecule has 4 rings (SSSR count). The molecule has 0 amide bonds. The van der Waals surface area contributed by atoms with Crippen LogP contribution in [0.3, 0.4) is 0 Å². The van der Waals surface area contributed by atoms with Crippen LogP contribution in [0.2, 0.25) is 0 Å². The molecule has 0 aliphatic heterocycles. The summed E-state index contributed by atoms with van der Waals surface area (Å²) in [5.74, 6) is 2.84. The predicted octanol–water partition coefficient (Wildman–Crippen LogP) is 4.83. The molecule has 0 N–H and O–H groups in total. The Balaban J connectivity index is 1.67. The average Bonchev–Trinajstić information content (AvgIpc) is 2.74. The molecule has 0 saturated heterocycles. The molecule has 4 aliphatic carbocycles. The summed E-state index contributed by atoms with van der Waals surface area (Å²) >= 11 is 0. The minimum absolute atomic E-state index is 0.382. The van der Waals surface area contributed by atoms with E-state index in [4.69, 9.17) is 0 Å². The first-order valence-corrected chi connectivity index (χ1v) is 8.52. The number of ketones is 1. The molecule has 0 radical (unpaired) electrons. The molecule has 0 aromatic carbocycles. The van der Waals surface area contributed by atoms with Crippen LogP contribution in [0.1, 0.15) is 65.2 Å². The molecule has 0 heterocycles. The van der Waals surface area contributed by atoms with E-state index in [9.17, 15) is 4.79 Å². The fraction of sp³-hybridized carbons (Fsp3) is 0.737. The van der Waals surface area contributed by atoms with Crippen LogP contribution in [0.25, 0.3) is 0 Å². The van der Waals surface area contributed by atoms with E-state index in [1.54, 1.807) is 0 Å². The SMILES string of the molecule is CC1(C)CCC2=C1CCC1C3CCC(=O)C=C3CCC21. The first kappa shape index (κ1) is 12.9. The first-order valence-electron chi connectivity index (χ1n) is 8.52. The molecule has 0 spiro atoms. The van der Waals surface area contributed by atoms with Gasteiger partial charge in [0.2, 0.25) is 0 Å². The molecule has 0 aromatic heterocycles. The molecule has 108 valence electrons. The second-order valence-electron chi connectivity index (χ2n) is 8.07. The van der Waals surface area contributed by atoms with E-state index in [1.165, 1.54) is 44.1 Å². The lowest BCUT2D eigenvalue weighted by Crippen LogP contribution is -2.36. The van der Waals surface area contributed by atoms with Crippen LogP contribution in [0.15, 0.2) is 22.8 Å². The first-order chi connectivity index (χ1) is 9.56. The minimum atomic E-state index is 0.382. The van der Waals surface area contributed by atoms with Gasteiger partial charge in [0.25, 0.3) is 0 Å². The van der Waals surface area contributed by atoms with E-state index in [0.717, 1.165) is 30.6 Å². The van der Waals surface area contributed by atoms with Crippen LogP contribution in [-0.2, 0) is 4.79 Å². The highest BCUT2D eigenvalue weighted by atomic mass is 16.1. The third-order valence-electron chi connectivity index (χ3n) is 6.70. The van der Waals surface area contributed by atoms with Crippen molar-refractivity contribution in [1.82, 2.24) is 0 Å². The monoisotopic (exact) mass is 270 g/mol. The van der Waals surface area contributed by atoms with Crippen molar-refractivity contribution in [3.05, 3.63) is 22.8 Å². The lowest BCUT2D eigenvalue weighted by molar-refractivity contribution is -0.115. The largest absolute Gasteiger partial charge is 0.295 e. The number of hydrogen-bond donors (Lipinski definition) is 0. The van der Waals surface area contributed by atoms with Crippen LogP contribution in [0, 0.1) is 23.2 Å². The normalized spacial score (nSPS) is 39.0. The van der Waals surface area contributed by atoms with Gasteiger partial charge in [0.1, 0.15) is 0 Å². The molecule has 0 bridgehead atoms. The summed E-state index contributed by atoms with van der Waals surface area (Å²) < 4.78 is 0. The number of fused-ring (bicyclic) bond motifs is 4. The summed E-state index contributed by atoms with van der Waals surface area (Å²) in [5.41, 5.74) is 5.64. The zero-order chi connectivity index (χ0) is 13.9. The molecular weight excluding hydrogens is 244 g/mol. The van der Waals surface area contributed by atoms with Crippen molar-refractivity contribution in [1.29, 1.82) is 0 Å². The summed E-state index contributed by atoms with van der Waals surface area (Å²) in [6.07, 6.45) is 11.9. The van der Waals surface area contributed by atoms with E-state index in [1.807, 2.05) is 17.2 Å². The summed E-state index contributed by atoms with van der Waals surface area (Å²) in [6, 6.07) is 0.